The Labute approximate surface area is 186 Å². The summed E-state index contributed by atoms with van der Waals surface area (Å²) in [4.78, 5) is 31.3. The molecule has 7 atom stereocenters. The molecule has 2 aliphatic rings. The second-order valence-electron chi connectivity index (χ2n) is 7.37. The Balaban J connectivity index is 1.36. The van der Waals surface area contributed by atoms with Gasteiger partial charge in [0.2, 0.25) is 0 Å². The molecule has 2 saturated heterocycles. The molecule has 16 nitrogen and oxygen atoms in total. The standard InChI is InChI=1S/C15H23N5O11P2/c16-13-10-14(18-6-17-13)20(7-19-10)15-12(22)11(21)9(30-15)5-29-33(25,26)31-32(23,24)28-4-8-2-1-3-27-8/h6-9,11-12,15,21-22H,1-5H2,(H,23,24)(H,25,26)(H2,16,17,18)/t8?,9-,11-,12-,15-/m1/s1. The minimum absolute atomic E-state index is 0.0974. The molecule has 2 aromatic rings. The number of ether oxygens (including phenoxy) is 2. The third-order valence-corrected chi connectivity index (χ3v) is 7.66. The van der Waals surface area contributed by atoms with Crippen LogP contribution >= 0.6 is 15.6 Å². The van der Waals surface area contributed by atoms with E-state index >= 15 is 0 Å². The normalized spacial score (nSPS) is 31.6. The van der Waals surface area contributed by atoms with E-state index < -0.39 is 52.9 Å². The summed E-state index contributed by atoms with van der Waals surface area (Å²) in [5.74, 6) is 0.0974. The predicted octanol–water partition coefficient (Wildman–Crippen LogP) is -0.543. The average molecular weight is 511 g/mol. The van der Waals surface area contributed by atoms with E-state index in [0.29, 0.717) is 13.0 Å². The first-order chi connectivity index (χ1) is 15.6. The molecule has 0 amide bonds. The van der Waals surface area contributed by atoms with Crippen LogP contribution < -0.4 is 5.73 Å². The van der Waals surface area contributed by atoms with Crippen LogP contribution in [0.2, 0.25) is 0 Å². The van der Waals surface area contributed by atoms with Gasteiger partial charge in [-0.15, -0.1) is 0 Å². The minimum Gasteiger partial charge on any atom is -0.387 e. The number of aliphatic hydroxyl groups excluding tert-OH is 2. The molecule has 0 bridgehead atoms. The smallest absolute Gasteiger partial charge is 0.387 e. The largest absolute Gasteiger partial charge is 0.481 e. The first-order valence-corrected chi connectivity index (χ1v) is 12.8. The molecule has 0 spiro atoms. The van der Waals surface area contributed by atoms with Gasteiger partial charge in [-0.25, -0.2) is 24.1 Å². The van der Waals surface area contributed by atoms with Gasteiger partial charge < -0.3 is 35.2 Å². The Morgan fingerprint density at radius 3 is 2.55 bits per heavy atom. The summed E-state index contributed by atoms with van der Waals surface area (Å²) in [5, 5.41) is 20.7. The van der Waals surface area contributed by atoms with Crippen LogP contribution in [0.1, 0.15) is 19.1 Å². The van der Waals surface area contributed by atoms with Gasteiger partial charge in [-0.2, -0.15) is 4.31 Å². The van der Waals surface area contributed by atoms with Crippen molar-refractivity contribution in [2.45, 2.75) is 43.5 Å². The molecule has 0 radical (unpaired) electrons. The van der Waals surface area contributed by atoms with Crippen LogP contribution in [0.25, 0.3) is 11.2 Å². The van der Waals surface area contributed by atoms with Crippen LogP contribution in [0, 0.1) is 0 Å². The molecule has 2 aromatic heterocycles. The van der Waals surface area contributed by atoms with Crippen molar-refractivity contribution < 1.29 is 52.0 Å². The van der Waals surface area contributed by atoms with Gasteiger partial charge in [0.1, 0.15) is 30.2 Å². The lowest BCUT2D eigenvalue weighted by Gasteiger charge is -2.19. The summed E-state index contributed by atoms with van der Waals surface area (Å²) in [6, 6.07) is 0. The number of hydrogen-bond donors (Lipinski definition) is 5. The maximum Gasteiger partial charge on any atom is 0.481 e. The van der Waals surface area contributed by atoms with Gasteiger partial charge in [-0.1, -0.05) is 0 Å². The first kappa shape index (κ1) is 24.6. The number of nitrogens with zero attached hydrogens (tertiary/aromatic N) is 4. The van der Waals surface area contributed by atoms with Gasteiger partial charge >= 0.3 is 15.6 Å². The Kier molecular flexibility index (Phi) is 7.15. The topological polar surface area (TPSA) is 231 Å². The molecule has 0 aromatic carbocycles. The summed E-state index contributed by atoms with van der Waals surface area (Å²) < 4.78 is 49.8. The van der Waals surface area contributed by atoms with Gasteiger partial charge in [-0.3, -0.25) is 13.6 Å². The number of rotatable bonds is 9. The fraction of sp³-hybridized carbons (Fsp3) is 0.667. The minimum atomic E-state index is -5.11. The van der Waals surface area contributed by atoms with Crippen molar-refractivity contribution in [2.75, 3.05) is 25.6 Å². The van der Waals surface area contributed by atoms with E-state index in [1.165, 1.54) is 17.2 Å². The molecule has 2 aliphatic heterocycles. The van der Waals surface area contributed by atoms with Gasteiger partial charge in [0.25, 0.3) is 0 Å². The number of imidazole rings is 1. The quantitative estimate of drug-likeness (QED) is 0.266. The van der Waals surface area contributed by atoms with Crippen LogP contribution in [-0.2, 0) is 32.0 Å². The Morgan fingerprint density at radius 1 is 1.12 bits per heavy atom. The van der Waals surface area contributed by atoms with Crippen LogP contribution in [0.15, 0.2) is 12.7 Å². The van der Waals surface area contributed by atoms with Gasteiger partial charge in [0.15, 0.2) is 17.7 Å². The summed E-state index contributed by atoms with van der Waals surface area (Å²) in [7, 11) is -10.1. The number of phosphoric ester groups is 2. The molecule has 4 rings (SSSR count). The second-order valence-corrected chi connectivity index (χ2v) is 10.4. The van der Waals surface area contributed by atoms with Crippen molar-refractivity contribution in [3.05, 3.63) is 12.7 Å². The molecule has 184 valence electrons. The average Bonchev–Trinajstić information content (AvgIpc) is 3.46. The number of fused-ring (bicyclic) bond motifs is 1. The van der Waals surface area contributed by atoms with Crippen LogP contribution in [0.3, 0.4) is 0 Å². The lowest BCUT2D eigenvalue weighted by molar-refractivity contribution is -0.0504. The lowest BCUT2D eigenvalue weighted by atomic mass is 10.1. The molecule has 0 aliphatic carbocycles. The molecule has 18 heteroatoms. The van der Waals surface area contributed by atoms with Crippen LogP contribution in [-0.4, -0.2) is 83.8 Å². The molecule has 3 unspecified atom stereocenters. The number of aliphatic hydroxyl groups is 2. The highest BCUT2D eigenvalue weighted by atomic mass is 31.3. The van der Waals surface area contributed by atoms with E-state index in [-0.39, 0.29) is 23.6 Å². The molecule has 2 fully saturated rings. The number of nitrogens with two attached hydrogens (primary N) is 1. The summed E-state index contributed by atoms with van der Waals surface area (Å²) in [6.45, 7) is -0.588. The lowest BCUT2D eigenvalue weighted by Crippen LogP contribution is -2.33. The van der Waals surface area contributed by atoms with E-state index in [1.807, 2.05) is 0 Å². The molecular weight excluding hydrogens is 488 g/mol. The van der Waals surface area contributed by atoms with Gasteiger partial charge in [0.05, 0.1) is 25.6 Å². The Morgan fingerprint density at radius 2 is 1.85 bits per heavy atom. The van der Waals surface area contributed by atoms with Crippen molar-refractivity contribution >= 4 is 32.6 Å². The Bertz CT molecular complexity index is 1080. The zero-order valence-corrected chi connectivity index (χ0v) is 18.8. The van der Waals surface area contributed by atoms with Crippen molar-refractivity contribution in [2.24, 2.45) is 0 Å². The molecule has 33 heavy (non-hydrogen) atoms. The number of nitrogen functional groups attached to an aromatic ring is 1. The fourth-order valence-electron chi connectivity index (χ4n) is 3.45. The number of hydrogen-bond acceptors (Lipinski definition) is 13. The highest BCUT2D eigenvalue weighted by Gasteiger charge is 2.46. The molecule has 0 saturated carbocycles. The summed E-state index contributed by atoms with van der Waals surface area (Å²) >= 11 is 0. The molecule has 4 heterocycles. The van der Waals surface area contributed by atoms with Crippen molar-refractivity contribution in [1.82, 2.24) is 19.5 Å². The number of aromatic nitrogens is 4. The highest BCUT2D eigenvalue weighted by Crippen LogP contribution is 2.60. The van der Waals surface area contributed by atoms with Crippen LogP contribution in [0.5, 0.6) is 0 Å². The maximum absolute atomic E-state index is 12.1. The van der Waals surface area contributed by atoms with Gasteiger partial charge in [0, 0.05) is 6.61 Å². The molecule has 6 N–H and O–H groups in total. The van der Waals surface area contributed by atoms with E-state index in [2.05, 4.69) is 23.8 Å². The molecular formula is C15H23N5O11P2. The number of anilines is 1. The van der Waals surface area contributed by atoms with Gasteiger partial charge in [-0.05, 0) is 12.8 Å². The predicted molar refractivity (Wildman–Crippen MR) is 107 cm³/mol. The maximum atomic E-state index is 12.1. The third-order valence-electron chi connectivity index (χ3n) is 5.05. The Hall–Kier alpha value is -1.55. The highest BCUT2D eigenvalue weighted by molar-refractivity contribution is 7.61. The van der Waals surface area contributed by atoms with Crippen molar-refractivity contribution in [3.63, 3.8) is 0 Å². The van der Waals surface area contributed by atoms with Crippen molar-refractivity contribution in [3.8, 4) is 0 Å². The fourth-order valence-corrected chi connectivity index (χ4v) is 5.56. The first-order valence-electron chi connectivity index (χ1n) is 9.78. The zero-order chi connectivity index (χ0) is 23.8. The van der Waals surface area contributed by atoms with Crippen LogP contribution in [0.4, 0.5) is 5.82 Å². The summed E-state index contributed by atoms with van der Waals surface area (Å²) in [5.41, 5.74) is 6.20. The van der Waals surface area contributed by atoms with Crippen molar-refractivity contribution in [1.29, 1.82) is 0 Å². The number of phosphoric acid groups is 2. The zero-order valence-electron chi connectivity index (χ0n) is 17.0. The monoisotopic (exact) mass is 511 g/mol. The van der Waals surface area contributed by atoms with E-state index in [4.69, 9.17) is 19.7 Å². The van der Waals surface area contributed by atoms with E-state index in [1.54, 1.807) is 0 Å². The SMILES string of the molecule is Nc1ncnc2c1ncn2[C@@H]1O[C@H](COP(=O)(O)OP(=O)(O)OCC2CCCO2)[C@@H](O)[C@H]1O. The van der Waals surface area contributed by atoms with E-state index in [9.17, 15) is 29.1 Å². The third kappa shape index (κ3) is 5.58. The van der Waals surface area contributed by atoms with E-state index in [0.717, 1.165) is 6.42 Å². The second kappa shape index (κ2) is 9.60. The summed E-state index contributed by atoms with van der Waals surface area (Å²) in [6.07, 6.45) is -2.14.